The van der Waals surface area contributed by atoms with Crippen molar-refractivity contribution in [1.82, 2.24) is 5.32 Å². The topological polar surface area (TPSA) is 72.2 Å². The summed E-state index contributed by atoms with van der Waals surface area (Å²) in [6.07, 6.45) is 5.44. The Balaban J connectivity index is 1.60. The lowest BCUT2D eigenvalue weighted by Gasteiger charge is -2.17. The van der Waals surface area contributed by atoms with Crippen LogP contribution in [0.2, 0.25) is 0 Å². The van der Waals surface area contributed by atoms with E-state index < -0.39 is 10.0 Å². The van der Waals surface area contributed by atoms with Gasteiger partial charge in [-0.1, -0.05) is 12.1 Å². The summed E-state index contributed by atoms with van der Waals surface area (Å²) in [5, 5.41) is 8.72. The van der Waals surface area contributed by atoms with Crippen molar-refractivity contribution >= 4 is 10.0 Å². The molecule has 0 aromatic heterocycles. The van der Waals surface area contributed by atoms with Gasteiger partial charge in [0.1, 0.15) is 0 Å². The number of rotatable bonds is 6. The maximum absolute atomic E-state index is 11.2. The van der Waals surface area contributed by atoms with Crippen molar-refractivity contribution in [2.24, 2.45) is 17.0 Å². The van der Waals surface area contributed by atoms with Crippen LogP contribution in [0.25, 0.3) is 0 Å². The molecule has 2 fully saturated rings. The minimum absolute atomic E-state index is 0.178. The first-order valence-electron chi connectivity index (χ1n) is 6.89. The molecule has 1 aromatic carbocycles. The Morgan fingerprint density at radius 1 is 1.11 bits per heavy atom. The predicted molar refractivity (Wildman–Crippen MR) is 73.9 cm³/mol. The molecule has 0 spiro atoms. The highest BCUT2D eigenvalue weighted by Gasteiger charge is 2.40. The Labute approximate surface area is 114 Å². The average molecular weight is 280 g/mol. The second kappa shape index (κ2) is 4.89. The van der Waals surface area contributed by atoms with E-state index in [0.29, 0.717) is 6.04 Å². The van der Waals surface area contributed by atoms with Gasteiger partial charge in [-0.3, -0.25) is 0 Å². The van der Waals surface area contributed by atoms with E-state index >= 15 is 0 Å². The molecule has 0 atom stereocenters. The summed E-state index contributed by atoms with van der Waals surface area (Å²) in [5.74, 6) is 1.74. The van der Waals surface area contributed by atoms with Crippen LogP contribution in [-0.4, -0.2) is 14.5 Å². The van der Waals surface area contributed by atoms with Gasteiger partial charge in [-0.25, -0.2) is 13.6 Å². The van der Waals surface area contributed by atoms with E-state index in [1.807, 2.05) is 12.1 Å². The number of sulfonamides is 1. The summed E-state index contributed by atoms with van der Waals surface area (Å²) < 4.78 is 22.3. The van der Waals surface area contributed by atoms with Crippen LogP contribution in [0.15, 0.2) is 29.2 Å². The lowest BCUT2D eigenvalue weighted by molar-refractivity contribution is 0.416. The van der Waals surface area contributed by atoms with Crippen LogP contribution in [-0.2, 0) is 16.6 Å². The van der Waals surface area contributed by atoms with Crippen LogP contribution >= 0.6 is 0 Å². The van der Waals surface area contributed by atoms with E-state index in [-0.39, 0.29) is 4.90 Å². The smallest absolute Gasteiger partial charge is 0.238 e. The summed E-state index contributed by atoms with van der Waals surface area (Å²) in [5.41, 5.74) is 1.11. The third-order valence-corrected chi connectivity index (χ3v) is 4.98. The molecule has 0 saturated heterocycles. The van der Waals surface area contributed by atoms with Gasteiger partial charge in [-0.2, -0.15) is 0 Å². The number of nitrogens with one attached hydrogen (secondary N) is 1. The van der Waals surface area contributed by atoms with Gasteiger partial charge >= 0.3 is 0 Å². The normalized spacial score (nSPS) is 19.9. The maximum Gasteiger partial charge on any atom is 0.238 e. The molecule has 3 N–H and O–H groups in total. The second-order valence-corrected chi connectivity index (χ2v) is 7.33. The zero-order valence-electron chi connectivity index (χ0n) is 10.9. The highest BCUT2D eigenvalue weighted by molar-refractivity contribution is 7.89. The largest absolute Gasteiger partial charge is 0.309 e. The van der Waals surface area contributed by atoms with E-state index in [1.54, 1.807) is 12.1 Å². The number of hydrogen-bond acceptors (Lipinski definition) is 3. The first kappa shape index (κ1) is 13.1. The standard InChI is InChI=1S/C14H20N2O2S/c15-19(17,18)13-7-1-10(2-8-13)9-16-14(11-3-4-11)12-5-6-12/h1-2,7-8,11-12,14,16H,3-6,9H2,(H2,15,17,18). The Morgan fingerprint density at radius 2 is 1.63 bits per heavy atom. The maximum atomic E-state index is 11.2. The molecule has 0 unspecified atom stereocenters. The van der Waals surface area contributed by atoms with Crippen molar-refractivity contribution in [3.05, 3.63) is 29.8 Å². The fourth-order valence-corrected chi connectivity index (χ4v) is 3.18. The second-order valence-electron chi connectivity index (χ2n) is 5.77. The molecule has 0 bridgehead atoms. The Hall–Kier alpha value is -0.910. The van der Waals surface area contributed by atoms with Crippen molar-refractivity contribution in [2.75, 3.05) is 0 Å². The Morgan fingerprint density at radius 3 is 2.05 bits per heavy atom. The van der Waals surface area contributed by atoms with E-state index in [2.05, 4.69) is 5.32 Å². The summed E-state index contributed by atoms with van der Waals surface area (Å²) in [4.78, 5) is 0.178. The number of hydrogen-bond donors (Lipinski definition) is 2. The lowest BCUT2D eigenvalue weighted by atomic mass is 10.1. The molecule has 0 heterocycles. The van der Waals surface area contributed by atoms with Crippen LogP contribution in [0.5, 0.6) is 0 Å². The molecule has 1 aromatic rings. The molecular weight excluding hydrogens is 260 g/mol. The zero-order chi connectivity index (χ0) is 13.5. The van der Waals surface area contributed by atoms with Crippen molar-refractivity contribution < 1.29 is 8.42 Å². The van der Waals surface area contributed by atoms with Crippen molar-refractivity contribution in [3.63, 3.8) is 0 Å². The average Bonchev–Trinajstić information content (AvgIpc) is 3.23. The third-order valence-electron chi connectivity index (χ3n) is 4.05. The van der Waals surface area contributed by atoms with Crippen molar-refractivity contribution in [1.29, 1.82) is 0 Å². The monoisotopic (exact) mass is 280 g/mol. The predicted octanol–water partition coefficient (Wildman–Crippen LogP) is 1.61. The highest BCUT2D eigenvalue weighted by atomic mass is 32.2. The van der Waals surface area contributed by atoms with E-state index in [1.165, 1.54) is 25.7 Å². The first-order valence-corrected chi connectivity index (χ1v) is 8.44. The summed E-state index contributed by atoms with van der Waals surface area (Å²) >= 11 is 0. The van der Waals surface area contributed by atoms with Crippen molar-refractivity contribution in [3.8, 4) is 0 Å². The molecule has 0 aliphatic heterocycles. The molecule has 0 amide bonds. The third kappa shape index (κ3) is 3.35. The van der Waals surface area contributed by atoms with Gasteiger partial charge in [0.05, 0.1) is 4.90 Å². The van der Waals surface area contributed by atoms with Crippen LogP contribution < -0.4 is 10.5 Å². The van der Waals surface area contributed by atoms with E-state index in [4.69, 9.17) is 5.14 Å². The van der Waals surface area contributed by atoms with Gasteiger partial charge in [-0.15, -0.1) is 0 Å². The Bertz CT molecular complexity index is 533. The number of benzene rings is 1. The molecule has 2 aliphatic carbocycles. The quantitative estimate of drug-likeness (QED) is 0.831. The van der Waals surface area contributed by atoms with E-state index in [9.17, 15) is 8.42 Å². The first-order chi connectivity index (χ1) is 9.04. The molecular formula is C14H20N2O2S. The molecule has 3 rings (SSSR count). The molecule has 19 heavy (non-hydrogen) atoms. The minimum atomic E-state index is -3.58. The molecule has 2 aliphatic rings. The summed E-state index contributed by atoms with van der Waals surface area (Å²) in [6.45, 7) is 0.808. The van der Waals surface area contributed by atoms with Gasteiger partial charge in [-0.05, 0) is 55.2 Å². The number of primary sulfonamides is 1. The van der Waals surface area contributed by atoms with Crippen LogP contribution in [0.1, 0.15) is 31.2 Å². The van der Waals surface area contributed by atoms with Gasteiger partial charge in [0.25, 0.3) is 0 Å². The van der Waals surface area contributed by atoms with Crippen LogP contribution in [0.4, 0.5) is 0 Å². The summed E-state index contributed by atoms with van der Waals surface area (Å²) in [6, 6.07) is 7.50. The van der Waals surface area contributed by atoms with Gasteiger partial charge < -0.3 is 5.32 Å². The number of nitrogens with two attached hydrogens (primary N) is 1. The molecule has 2 saturated carbocycles. The summed E-state index contributed by atoms with van der Waals surface area (Å²) in [7, 11) is -3.58. The zero-order valence-corrected chi connectivity index (χ0v) is 11.7. The fraction of sp³-hybridized carbons (Fsp3) is 0.571. The minimum Gasteiger partial charge on any atom is -0.309 e. The van der Waals surface area contributed by atoms with Crippen LogP contribution in [0, 0.1) is 11.8 Å². The molecule has 104 valence electrons. The molecule has 0 radical (unpaired) electrons. The van der Waals surface area contributed by atoms with Gasteiger partial charge in [0.15, 0.2) is 0 Å². The Kier molecular flexibility index (Phi) is 3.37. The molecule has 4 nitrogen and oxygen atoms in total. The fourth-order valence-electron chi connectivity index (χ4n) is 2.66. The van der Waals surface area contributed by atoms with Crippen molar-refractivity contribution in [2.45, 2.75) is 43.2 Å². The molecule has 5 heteroatoms. The van der Waals surface area contributed by atoms with Gasteiger partial charge in [0, 0.05) is 12.6 Å². The highest BCUT2D eigenvalue weighted by Crippen LogP contribution is 2.44. The van der Waals surface area contributed by atoms with Gasteiger partial charge in [0.2, 0.25) is 10.0 Å². The lowest BCUT2D eigenvalue weighted by Crippen LogP contribution is -2.32. The SMILES string of the molecule is NS(=O)(=O)c1ccc(CNC(C2CC2)C2CC2)cc1. The van der Waals surface area contributed by atoms with Crippen LogP contribution in [0.3, 0.4) is 0 Å². The van der Waals surface area contributed by atoms with E-state index in [0.717, 1.165) is 23.9 Å².